The van der Waals surface area contributed by atoms with E-state index in [1.54, 1.807) is 12.1 Å². The zero-order valence-corrected chi connectivity index (χ0v) is 20.3. The number of anilines is 1. The van der Waals surface area contributed by atoms with Gasteiger partial charge in [-0.25, -0.2) is 4.79 Å². The number of hydrogen-bond donors (Lipinski definition) is 3. The molecule has 2 aliphatic heterocycles. The smallest absolute Gasteiger partial charge is 0.318 e. The number of benzene rings is 2. The zero-order valence-electron chi connectivity index (χ0n) is 20.3. The number of nitrogens with one attached hydrogen (secondary N) is 3. The van der Waals surface area contributed by atoms with E-state index in [2.05, 4.69) is 50.0 Å². The van der Waals surface area contributed by atoms with E-state index < -0.39 is 5.54 Å². The van der Waals surface area contributed by atoms with E-state index in [0.29, 0.717) is 17.9 Å². The minimum Gasteiger partial charge on any atom is -0.334 e. The lowest BCUT2D eigenvalue weighted by Gasteiger charge is -2.37. The molecule has 2 aromatic carbocycles. The Morgan fingerprint density at radius 2 is 1.80 bits per heavy atom. The van der Waals surface area contributed by atoms with Crippen molar-refractivity contribution in [1.82, 2.24) is 25.3 Å². The molecule has 0 radical (unpaired) electrons. The van der Waals surface area contributed by atoms with Gasteiger partial charge in [0.2, 0.25) is 0 Å². The summed E-state index contributed by atoms with van der Waals surface area (Å²) in [7, 11) is 0. The number of fused-ring (bicyclic) bond motifs is 1. The Balaban J connectivity index is 1.23. The van der Waals surface area contributed by atoms with Crippen molar-refractivity contribution in [2.24, 2.45) is 0 Å². The van der Waals surface area contributed by atoms with Gasteiger partial charge < -0.3 is 15.5 Å². The summed E-state index contributed by atoms with van der Waals surface area (Å²) in [5.41, 5.74) is 2.99. The van der Waals surface area contributed by atoms with Crippen LogP contribution < -0.4 is 10.6 Å². The van der Waals surface area contributed by atoms with Gasteiger partial charge in [0.25, 0.3) is 5.91 Å². The first-order valence-electron chi connectivity index (χ1n) is 12.2. The fourth-order valence-electron chi connectivity index (χ4n) is 5.13. The average molecular weight is 473 g/mol. The summed E-state index contributed by atoms with van der Waals surface area (Å²) in [6.45, 7) is 7.15. The molecule has 3 amide bonds. The number of carbonyl (C=O) groups excluding carboxylic acids is 2. The van der Waals surface area contributed by atoms with E-state index in [0.717, 1.165) is 43.7 Å². The van der Waals surface area contributed by atoms with E-state index >= 15 is 0 Å². The van der Waals surface area contributed by atoms with Crippen LogP contribution in [-0.2, 0) is 18.6 Å². The molecule has 0 spiro atoms. The lowest BCUT2D eigenvalue weighted by Crippen LogP contribution is -2.53. The van der Waals surface area contributed by atoms with Gasteiger partial charge in [-0.05, 0) is 50.9 Å². The van der Waals surface area contributed by atoms with Crippen molar-refractivity contribution in [3.8, 4) is 0 Å². The van der Waals surface area contributed by atoms with Crippen LogP contribution in [0.4, 0.5) is 10.6 Å². The molecule has 8 heteroatoms. The fraction of sp³-hybridized carbons (Fsp3) is 0.370. The number of aromatic amines is 1. The Hall–Kier alpha value is -3.65. The van der Waals surface area contributed by atoms with Gasteiger partial charge in [0.05, 0.1) is 17.8 Å². The zero-order chi connectivity index (χ0) is 24.4. The highest BCUT2D eigenvalue weighted by Crippen LogP contribution is 2.40. The van der Waals surface area contributed by atoms with Gasteiger partial charge in [-0.2, -0.15) is 5.10 Å². The summed E-state index contributed by atoms with van der Waals surface area (Å²) in [6.07, 6.45) is 2.02. The van der Waals surface area contributed by atoms with Crippen LogP contribution in [0.1, 0.15) is 53.9 Å². The van der Waals surface area contributed by atoms with Crippen molar-refractivity contribution in [2.45, 2.75) is 51.4 Å². The number of piperidine rings is 1. The van der Waals surface area contributed by atoms with E-state index in [-0.39, 0.29) is 18.0 Å². The minimum absolute atomic E-state index is 0.0912. The predicted octanol–water partition coefficient (Wildman–Crippen LogP) is 4.09. The Bertz CT molecular complexity index is 1190. The van der Waals surface area contributed by atoms with Gasteiger partial charge in [0, 0.05) is 30.3 Å². The number of amides is 3. The molecule has 0 aliphatic carbocycles. The second-order valence-corrected chi connectivity index (χ2v) is 9.90. The van der Waals surface area contributed by atoms with E-state index in [1.807, 2.05) is 43.0 Å². The molecule has 5 rings (SSSR count). The average Bonchev–Trinajstić information content (AvgIpc) is 3.38. The third-order valence-corrected chi connectivity index (χ3v) is 7.07. The SMILES string of the molecule is CC1(C)c2[nH]nc(NC(=O)c3ccccc3)c2CN1C(=O)NC1CCCN(Cc2ccccc2)C1. The molecule has 3 heterocycles. The highest BCUT2D eigenvalue weighted by atomic mass is 16.2. The summed E-state index contributed by atoms with van der Waals surface area (Å²) >= 11 is 0. The van der Waals surface area contributed by atoms with Gasteiger partial charge in [0.1, 0.15) is 0 Å². The summed E-state index contributed by atoms with van der Waals surface area (Å²) in [4.78, 5) is 30.3. The Labute approximate surface area is 205 Å². The summed E-state index contributed by atoms with van der Waals surface area (Å²) < 4.78 is 0. The molecule has 1 atom stereocenters. The molecule has 182 valence electrons. The van der Waals surface area contributed by atoms with Crippen molar-refractivity contribution in [1.29, 1.82) is 0 Å². The third kappa shape index (κ3) is 4.79. The molecule has 35 heavy (non-hydrogen) atoms. The van der Waals surface area contributed by atoms with Gasteiger partial charge in [-0.3, -0.25) is 14.8 Å². The van der Waals surface area contributed by atoms with Crippen molar-refractivity contribution in [3.63, 3.8) is 0 Å². The number of carbonyl (C=O) groups is 2. The second kappa shape index (κ2) is 9.54. The first kappa shape index (κ1) is 23.1. The number of urea groups is 1. The second-order valence-electron chi connectivity index (χ2n) is 9.90. The molecular weight excluding hydrogens is 440 g/mol. The van der Waals surface area contributed by atoms with Gasteiger partial charge >= 0.3 is 6.03 Å². The highest BCUT2D eigenvalue weighted by molar-refractivity contribution is 6.04. The number of likely N-dealkylation sites (tertiary alicyclic amines) is 1. The number of aromatic nitrogens is 2. The fourth-order valence-corrected chi connectivity index (χ4v) is 5.13. The molecule has 8 nitrogen and oxygen atoms in total. The van der Waals surface area contributed by atoms with Gasteiger partial charge in [-0.15, -0.1) is 0 Å². The van der Waals surface area contributed by atoms with Crippen LogP contribution in [0.3, 0.4) is 0 Å². The van der Waals surface area contributed by atoms with Crippen LogP contribution in [0, 0.1) is 0 Å². The summed E-state index contributed by atoms with van der Waals surface area (Å²) in [5, 5.41) is 13.6. The van der Waals surface area contributed by atoms with Crippen LogP contribution in [0.5, 0.6) is 0 Å². The van der Waals surface area contributed by atoms with Crippen LogP contribution in [-0.4, -0.2) is 51.1 Å². The Morgan fingerprint density at radius 3 is 2.54 bits per heavy atom. The van der Waals surface area contributed by atoms with Crippen LogP contribution in [0.15, 0.2) is 60.7 Å². The standard InChI is InChI=1S/C27H32N6O2/c1-27(2)23-22(24(31-30-23)29-25(34)20-12-7-4-8-13-20)18-33(27)26(35)28-21-14-9-15-32(17-21)16-19-10-5-3-6-11-19/h3-8,10-13,21H,9,14-18H2,1-2H3,(H,28,35)(H2,29,30,31,34). The minimum atomic E-state index is -0.569. The predicted molar refractivity (Wildman–Crippen MR) is 135 cm³/mol. The van der Waals surface area contributed by atoms with Crippen LogP contribution in [0.25, 0.3) is 0 Å². The highest BCUT2D eigenvalue weighted by Gasteiger charge is 2.44. The maximum Gasteiger partial charge on any atom is 0.318 e. The molecule has 1 unspecified atom stereocenters. The maximum absolute atomic E-state index is 13.4. The van der Waals surface area contributed by atoms with E-state index in [1.165, 1.54) is 5.56 Å². The molecule has 2 aliphatic rings. The van der Waals surface area contributed by atoms with Crippen molar-refractivity contribution >= 4 is 17.8 Å². The molecule has 3 aromatic rings. The number of rotatable bonds is 5. The molecule has 3 N–H and O–H groups in total. The lowest BCUT2D eigenvalue weighted by molar-refractivity contribution is 0.102. The van der Waals surface area contributed by atoms with E-state index in [4.69, 9.17) is 0 Å². The quantitative estimate of drug-likeness (QED) is 0.522. The summed E-state index contributed by atoms with van der Waals surface area (Å²) in [5.74, 6) is 0.255. The largest absolute Gasteiger partial charge is 0.334 e. The number of H-pyrrole nitrogens is 1. The van der Waals surface area contributed by atoms with Crippen LogP contribution >= 0.6 is 0 Å². The normalized spacial score (nSPS) is 19.3. The first-order valence-corrected chi connectivity index (χ1v) is 12.2. The van der Waals surface area contributed by atoms with Crippen LogP contribution in [0.2, 0.25) is 0 Å². The molecular formula is C27H32N6O2. The number of nitrogens with zero attached hydrogens (tertiary/aromatic N) is 3. The Kier molecular flexibility index (Phi) is 6.30. The van der Waals surface area contributed by atoms with Gasteiger partial charge in [0.15, 0.2) is 5.82 Å². The Morgan fingerprint density at radius 1 is 1.09 bits per heavy atom. The maximum atomic E-state index is 13.4. The summed E-state index contributed by atoms with van der Waals surface area (Å²) in [6, 6.07) is 19.5. The van der Waals surface area contributed by atoms with E-state index in [9.17, 15) is 9.59 Å². The number of hydrogen-bond acceptors (Lipinski definition) is 4. The topological polar surface area (TPSA) is 93.4 Å². The van der Waals surface area contributed by atoms with Crippen molar-refractivity contribution in [3.05, 3.63) is 83.0 Å². The lowest BCUT2D eigenvalue weighted by atomic mass is 10.0. The van der Waals surface area contributed by atoms with Crippen molar-refractivity contribution in [2.75, 3.05) is 18.4 Å². The first-order chi connectivity index (χ1) is 16.9. The molecule has 0 saturated carbocycles. The molecule has 0 bridgehead atoms. The molecule has 1 aromatic heterocycles. The molecule has 1 saturated heterocycles. The molecule has 1 fully saturated rings. The van der Waals surface area contributed by atoms with Crippen molar-refractivity contribution < 1.29 is 9.59 Å². The monoisotopic (exact) mass is 472 g/mol. The third-order valence-electron chi connectivity index (χ3n) is 7.07. The van der Waals surface area contributed by atoms with Gasteiger partial charge in [-0.1, -0.05) is 48.5 Å².